The van der Waals surface area contributed by atoms with Crippen LogP contribution in [0.5, 0.6) is 0 Å². The van der Waals surface area contributed by atoms with Crippen molar-refractivity contribution in [1.29, 1.82) is 0 Å². The van der Waals surface area contributed by atoms with Crippen molar-refractivity contribution in [3.8, 4) is 11.3 Å². The molecule has 5 heterocycles. The third-order valence-corrected chi connectivity index (χ3v) is 8.41. The summed E-state index contributed by atoms with van der Waals surface area (Å²) in [6.07, 6.45) is 3.72. The molecule has 0 saturated carbocycles. The van der Waals surface area contributed by atoms with E-state index in [4.69, 9.17) is 31.7 Å². The molecule has 0 atom stereocenters. The van der Waals surface area contributed by atoms with Crippen molar-refractivity contribution in [1.82, 2.24) is 19.5 Å². The fraction of sp³-hybridized carbons (Fsp3) is 0.233. The van der Waals surface area contributed by atoms with Crippen LogP contribution in [-0.4, -0.2) is 57.6 Å². The van der Waals surface area contributed by atoms with E-state index in [0.717, 1.165) is 10.6 Å². The number of primary amides is 1. The molecule has 0 aliphatic carbocycles. The highest BCUT2D eigenvalue weighted by Crippen LogP contribution is 2.28. The highest BCUT2D eigenvalue weighted by Gasteiger charge is 2.22. The lowest BCUT2D eigenvalue weighted by Crippen LogP contribution is -2.40. The number of morpholine rings is 1. The van der Waals surface area contributed by atoms with Gasteiger partial charge < -0.3 is 29.8 Å². The molecule has 1 amide bonds. The van der Waals surface area contributed by atoms with Crippen molar-refractivity contribution >= 4 is 46.3 Å². The molecule has 0 bridgehead atoms. The molecule has 4 aromatic heterocycles. The lowest BCUT2D eigenvalue weighted by molar-refractivity contribution is 0.0948. The molecular formula is C30H28ClN7O5S. The van der Waals surface area contributed by atoms with Crippen molar-refractivity contribution in [2.45, 2.75) is 19.5 Å². The number of rotatable bonds is 10. The van der Waals surface area contributed by atoms with Gasteiger partial charge in [-0.3, -0.25) is 14.4 Å². The molecule has 0 unspecified atom stereocenters. The highest BCUT2D eigenvalue weighted by molar-refractivity contribution is 7.16. The van der Waals surface area contributed by atoms with Crippen LogP contribution in [0.1, 0.15) is 31.3 Å². The maximum Gasteiger partial charge on any atom is 0.280 e. The van der Waals surface area contributed by atoms with E-state index < -0.39 is 11.8 Å². The van der Waals surface area contributed by atoms with Gasteiger partial charge in [0.15, 0.2) is 0 Å². The van der Waals surface area contributed by atoms with Crippen LogP contribution in [0.3, 0.4) is 0 Å². The number of halogens is 1. The summed E-state index contributed by atoms with van der Waals surface area (Å²) < 4.78 is 14.0. The Morgan fingerprint density at radius 1 is 1.07 bits per heavy atom. The summed E-state index contributed by atoms with van der Waals surface area (Å²) in [5, 5.41) is 12.0. The summed E-state index contributed by atoms with van der Waals surface area (Å²) >= 11 is 7.55. The molecule has 1 aliphatic rings. The summed E-state index contributed by atoms with van der Waals surface area (Å²) in [6.45, 7) is 2.92. The Balaban J connectivity index is 1.41. The molecule has 1 fully saturated rings. The molecule has 1 aliphatic heterocycles. The van der Waals surface area contributed by atoms with E-state index >= 15 is 0 Å². The molecule has 44 heavy (non-hydrogen) atoms. The second-order valence-corrected chi connectivity index (χ2v) is 11.9. The quantitative estimate of drug-likeness (QED) is 0.233. The van der Waals surface area contributed by atoms with Gasteiger partial charge in [-0.2, -0.15) is 9.78 Å². The Morgan fingerprint density at radius 3 is 2.61 bits per heavy atom. The molecule has 0 spiro atoms. The standard InChI is InChI=1S/C30H28ClN7O5S/c31-26-5-4-23(44-26)17-33-27-16-24(34-38(27)29(40)20-3-1-2-19(14-20)28(32)39)21-15-25(36-9-12-42-13-10-36)30(41)37(18-21)8-6-22-7-11-43-35-22/h1-5,7,11,14-16,18,33H,6,8-10,12-13,17H2,(H2,32,39). The van der Waals surface area contributed by atoms with E-state index in [0.29, 0.717) is 72.9 Å². The molecule has 1 aromatic carbocycles. The fourth-order valence-corrected chi connectivity index (χ4v) is 5.94. The Hall–Kier alpha value is -4.72. The number of pyridine rings is 1. The van der Waals surface area contributed by atoms with Gasteiger partial charge in [-0.25, -0.2) is 0 Å². The molecule has 3 N–H and O–H groups in total. The van der Waals surface area contributed by atoms with E-state index in [-0.39, 0.29) is 16.7 Å². The van der Waals surface area contributed by atoms with E-state index in [2.05, 4.69) is 10.5 Å². The Bertz CT molecular complexity index is 1860. The van der Waals surface area contributed by atoms with Gasteiger partial charge in [-0.15, -0.1) is 11.3 Å². The largest absolute Gasteiger partial charge is 0.378 e. The molecule has 6 rings (SSSR count). The number of amides is 1. The second kappa shape index (κ2) is 12.9. The van der Waals surface area contributed by atoms with Crippen LogP contribution < -0.4 is 21.5 Å². The van der Waals surface area contributed by atoms with Gasteiger partial charge in [-0.05, 0) is 36.4 Å². The Kier molecular flexibility index (Phi) is 8.59. The van der Waals surface area contributed by atoms with E-state index in [1.807, 2.05) is 17.0 Å². The lowest BCUT2D eigenvalue weighted by Gasteiger charge is -2.29. The zero-order valence-corrected chi connectivity index (χ0v) is 25.0. The number of nitrogens with one attached hydrogen (secondary N) is 1. The molecule has 14 heteroatoms. The zero-order valence-electron chi connectivity index (χ0n) is 23.4. The SMILES string of the molecule is NC(=O)c1cccc(C(=O)n2nc(-c3cc(N4CCOCC4)c(=O)n(CCc4ccon4)c3)cc2NCc2ccc(Cl)s2)c1. The topological polar surface area (TPSA) is 151 Å². The van der Waals surface area contributed by atoms with Crippen LogP contribution in [0, 0.1) is 0 Å². The maximum absolute atomic E-state index is 13.8. The average Bonchev–Trinajstić information content (AvgIpc) is 3.81. The number of thiophene rings is 1. The summed E-state index contributed by atoms with van der Waals surface area (Å²) in [7, 11) is 0. The number of aryl methyl sites for hydroxylation is 2. The van der Waals surface area contributed by atoms with Gasteiger partial charge in [0.05, 0.1) is 35.5 Å². The lowest BCUT2D eigenvalue weighted by atomic mass is 10.1. The van der Waals surface area contributed by atoms with Crippen molar-refractivity contribution in [3.05, 3.63) is 103 Å². The third-order valence-electron chi connectivity index (χ3n) is 7.18. The van der Waals surface area contributed by atoms with Gasteiger partial charge in [0.25, 0.3) is 11.5 Å². The first-order valence-corrected chi connectivity index (χ1v) is 15.0. The maximum atomic E-state index is 13.8. The monoisotopic (exact) mass is 633 g/mol. The molecule has 5 aromatic rings. The van der Waals surface area contributed by atoms with Crippen molar-refractivity contribution < 1.29 is 18.8 Å². The molecule has 12 nitrogen and oxygen atoms in total. The number of hydrogen-bond acceptors (Lipinski definition) is 10. The third kappa shape index (κ3) is 6.44. The summed E-state index contributed by atoms with van der Waals surface area (Å²) in [4.78, 5) is 42.1. The molecule has 0 radical (unpaired) electrons. The minimum absolute atomic E-state index is 0.147. The minimum atomic E-state index is -0.641. The van der Waals surface area contributed by atoms with Crippen molar-refractivity contribution in [2.24, 2.45) is 5.73 Å². The molecular weight excluding hydrogens is 606 g/mol. The zero-order chi connectivity index (χ0) is 30.6. The molecule has 1 saturated heterocycles. The number of nitrogens with two attached hydrogens (primary N) is 1. The first-order chi connectivity index (χ1) is 21.4. The van der Waals surface area contributed by atoms with Gasteiger partial charge in [0, 0.05) is 66.0 Å². The average molecular weight is 634 g/mol. The number of ether oxygens (including phenoxy) is 1. The summed E-state index contributed by atoms with van der Waals surface area (Å²) in [5.74, 6) is -0.677. The number of aromatic nitrogens is 4. The van der Waals surface area contributed by atoms with Gasteiger partial charge >= 0.3 is 0 Å². The number of carbonyl (C=O) groups is 2. The van der Waals surface area contributed by atoms with Gasteiger partial charge in [0.1, 0.15) is 17.8 Å². The van der Waals surface area contributed by atoms with Gasteiger partial charge in [0.2, 0.25) is 5.91 Å². The van der Waals surface area contributed by atoms with E-state index in [9.17, 15) is 14.4 Å². The van der Waals surface area contributed by atoms with Crippen LogP contribution >= 0.6 is 22.9 Å². The fourth-order valence-electron chi connectivity index (χ4n) is 4.91. The number of carbonyl (C=O) groups excluding carboxylic acids is 2. The Labute approximate surface area is 260 Å². The predicted molar refractivity (Wildman–Crippen MR) is 167 cm³/mol. The Morgan fingerprint density at radius 2 is 1.89 bits per heavy atom. The number of hydrogen-bond donors (Lipinski definition) is 2. The number of benzene rings is 1. The smallest absolute Gasteiger partial charge is 0.280 e. The summed E-state index contributed by atoms with van der Waals surface area (Å²) in [5.41, 5.74) is 8.12. The first-order valence-electron chi connectivity index (χ1n) is 13.9. The van der Waals surface area contributed by atoms with Crippen molar-refractivity contribution in [2.75, 3.05) is 36.5 Å². The summed E-state index contributed by atoms with van der Waals surface area (Å²) in [6, 6.07) is 15.2. The number of nitrogens with zero attached hydrogens (tertiary/aromatic N) is 5. The van der Waals surface area contributed by atoms with Crippen LogP contribution in [0.2, 0.25) is 4.34 Å². The van der Waals surface area contributed by atoms with E-state index in [1.54, 1.807) is 47.2 Å². The van der Waals surface area contributed by atoms with Crippen molar-refractivity contribution in [3.63, 3.8) is 0 Å². The van der Waals surface area contributed by atoms with Crippen LogP contribution in [-0.2, 0) is 24.2 Å². The second-order valence-electron chi connectivity index (χ2n) is 10.1. The van der Waals surface area contributed by atoms with Crippen LogP contribution in [0.25, 0.3) is 11.3 Å². The first kappa shape index (κ1) is 29.4. The van der Waals surface area contributed by atoms with Crippen LogP contribution in [0.4, 0.5) is 11.5 Å². The molecule has 226 valence electrons. The normalized spacial score (nSPS) is 13.2. The minimum Gasteiger partial charge on any atom is -0.378 e. The van der Waals surface area contributed by atoms with E-state index in [1.165, 1.54) is 28.3 Å². The van der Waals surface area contributed by atoms with Gasteiger partial charge in [-0.1, -0.05) is 22.8 Å². The highest BCUT2D eigenvalue weighted by atomic mass is 35.5. The van der Waals surface area contributed by atoms with Crippen LogP contribution in [0.15, 0.2) is 76.4 Å². The number of anilines is 2. The predicted octanol–water partition coefficient (Wildman–Crippen LogP) is 3.89.